The molecular formula is C39H47N9O7. The molecule has 4 N–H and O–H groups in total. The Morgan fingerprint density at radius 3 is 1.67 bits per heavy atom. The fraction of sp³-hybridized carbons (Fsp3) is 0.462. The first kappa shape index (κ1) is 37.4. The van der Waals surface area contributed by atoms with Crippen LogP contribution in [0.15, 0.2) is 47.1 Å². The van der Waals surface area contributed by atoms with Gasteiger partial charge in [0.15, 0.2) is 0 Å². The molecule has 16 nitrogen and oxygen atoms in total. The lowest BCUT2D eigenvalue weighted by atomic mass is 10.0. The Bertz CT molecular complexity index is 2070. The number of hydrogen-bond acceptors (Lipinski definition) is 10. The number of methoxy groups -OCH3 is 2. The van der Waals surface area contributed by atoms with Crippen molar-refractivity contribution in [1.29, 1.82) is 0 Å². The van der Waals surface area contributed by atoms with Gasteiger partial charge in [-0.25, -0.2) is 24.5 Å². The number of ether oxygens (including phenoxy) is 2. The van der Waals surface area contributed by atoms with Gasteiger partial charge in [0, 0.05) is 24.2 Å². The van der Waals surface area contributed by atoms with Gasteiger partial charge < -0.3 is 44.3 Å². The molecule has 0 spiro atoms. The molecule has 16 heteroatoms. The van der Waals surface area contributed by atoms with Gasteiger partial charge in [-0.1, -0.05) is 33.8 Å². The average Bonchev–Trinajstić information content (AvgIpc) is 4.02. The third kappa shape index (κ3) is 7.44. The Hall–Kier alpha value is -5.93. The second-order valence-corrected chi connectivity index (χ2v) is 14.8. The van der Waals surface area contributed by atoms with Gasteiger partial charge in [-0.05, 0) is 67.9 Å². The van der Waals surface area contributed by atoms with Gasteiger partial charge in [-0.15, -0.1) is 0 Å². The summed E-state index contributed by atoms with van der Waals surface area (Å²) in [6.45, 7) is 8.69. The van der Waals surface area contributed by atoms with Crippen LogP contribution in [0, 0.1) is 11.8 Å². The van der Waals surface area contributed by atoms with Crippen LogP contribution in [0.25, 0.3) is 44.8 Å². The van der Waals surface area contributed by atoms with Gasteiger partial charge in [0.2, 0.25) is 17.7 Å². The molecule has 2 aromatic carbocycles. The minimum absolute atomic E-state index is 0.126. The number of likely N-dealkylation sites (tertiary alicyclic amines) is 2. The van der Waals surface area contributed by atoms with Gasteiger partial charge in [-0.2, -0.15) is 0 Å². The van der Waals surface area contributed by atoms with Crippen LogP contribution in [0.5, 0.6) is 0 Å². The molecule has 0 unspecified atom stereocenters. The average molecular weight is 754 g/mol. The number of amides is 4. The summed E-state index contributed by atoms with van der Waals surface area (Å²) in [4.78, 5) is 76.1. The number of aromatic nitrogens is 5. The highest BCUT2D eigenvalue weighted by atomic mass is 16.5. The number of nitrogens with zero attached hydrogens (tertiary/aromatic N) is 5. The molecule has 0 saturated carbocycles. The number of H-pyrrole nitrogens is 2. The van der Waals surface area contributed by atoms with E-state index in [0.29, 0.717) is 36.3 Å². The first-order valence-corrected chi connectivity index (χ1v) is 18.7. The van der Waals surface area contributed by atoms with Crippen LogP contribution in [-0.2, 0) is 19.1 Å². The van der Waals surface area contributed by atoms with Crippen molar-refractivity contribution in [1.82, 2.24) is 45.4 Å². The zero-order valence-electron chi connectivity index (χ0n) is 31.8. The van der Waals surface area contributed by atoms with Crippen LogP contribution in [0.3, 0.4) is 0 Å². The maximum Gasteiger partial charge on any atom is 0.407 e. The van der Waals surface area contributed by atoms with Crippen LogP contribution in [0.4, 0.5) is 9.59 Å². The van der Waals surface area contributed by atoms with E-state index in [9.17, 15) is 19.2 Å². The van der Waals surface area contributed by atoms with Crippen molar-refractivity contribution in [3.05, 3.63) is 54.3 Å². The van der Waals surface area contributed by atoms with Gasteiger partial charge in [0.1, 0.15) is 35.7 Å². The molecular weight excluding hydrogens is 706 g/mol. The van der Waals surface area contributed by atoms with E-state index in [0.717, 1.165) is 58.9 Å². The molecule has 2 saturated heterocycles. The van der Waals surface area contributed by atoms with Gasteiger partial charge in [-0.3, -0.25) is 9.59 Å². The second-order valence-electron chi connectivity index (χ2n) is 14.8. The van der Waals surface area contributed by atoms with Gasteiger partial charge in [0.25, 0.3) is 0 Å². The van der Waals surface area contributed by atoms with E-state index in [4.69, 9.17) is 28.8 Å². The van der Waals surface area contributed by atoms with E-state index in [1.807, 2.05) is 64.1 Å². The number of benzene rings is 2. The molecule has 4 atom stereocenters. The Balaban J connectivity index is 1.08. The number of hydrogen-bond donors (Lipinski definition) is 4. The molecule has 4 amide bonds. The van der Waals surface area contributed by atoms with Crippen molar-refractivity contribution < 1.29 is 33.1 Å². The lowest BCUT2D eigenvalue weighted by Crippen LogP contribution is -2.51. The second kappa shape index (κ2) is 15.4. The molecule has 3 aromatic heterocycles. The number of carbonyl (C=O) groups is 4. The van der Waals surface area contributed by atoms with Crippen molar-refractivity contribution >= 4 is 46.1 Å². The molecule has 2 fully saturated rings. The van der Waals surface area contributed by atoms with E-state index >= 15 is 0 Å². The summed E-state index contributed by atoms with van der Waals surface area (Å²) in [5, 5.41) is 5.38. The standard InChI is InChI=1S/C39H47N9O7/c1-20(2)31(45-38(51)53-5)36(49)47-15-7-9-29(47)33-40-24-13-11-22(17-26(24)42-33)28-19-55-35(44-28)23-12-14-25-27(18-23)43-34(41-25)30-10-8-16-48(30)37(50)32(21(3)4)46-39(52)54-6/h11-14,17-21,29-32H,7-10,15-16H2,1-6H3,(H,40,42)(H,41,43)(H,45,51)(H,46,52)/t29-,30-,31-,32-/m0/s1. The molecule has 0 radical (unpaired) electrons. The Kier molecular flexibility index (Phi) is 10.5. The van der Waals surface area contributed by atoms with Crippen LogP contribution in [0.1, 0.15) is 77.1 Å². The Morgan fingerprint density at radius 2 is 1.20 bits per heavy atom. The normalized spacial score (nSPS) is 18.3. The van der Waals surface area contributed by atoms with E-state index in [1.165, 1.54) is 14.2 Å². The van der Waals surface area contributed by atoms with Crippen molar-refractivity contribution in [2.24, 2.45) is 11.8 Å². The van der Waals surface area contributed by atoms with Crippen molar-refractivity contribution in [2.75, 3.05) is 27.3 Å². The number of oxazole rings is 1. The molecule has 7 rings (SSSR count). The van der Waals surface area contributed by atoms with Crippen LogP contribution >= 0.6 is 0 Å². The third-order valence-electron chi connectivity index (χ3n) is 10.5. The largest absolute Gasteiger partial charge is 0.453 e. The molecule has 2 aliphatic heterocycles. The van der Waals surface area contributed by atoms with Crippen LogP contribution in [0.2, 0.25) is 0 Å². The van der Waals surface area contributed by atoms with E-state index < -0.39 is 24.3 Å². The minimum Gasteiger partial charge on any atom is -0.453 e. The molecule has 2 aliphatic rings. The maximum atomic E-state index is 13.6. The number of aromatic amines is 2. The smallest absolute Gasteiger partial charge is 0.407 e. The summed E-state index contributed by atoms with van der Waals surface area (Å²) in [6, 6.07) is 9.62. The summed E-state index contributed by atoms with van der Waals surface area (Å²) in [6.07, 6.45) is 3.47. The third-order valence-corrected chi connectivity index (χ3v) is 10.5. The molecule has 5 aromatic rings. The van der Waals surface area contributed by atoms with Crippen molar-refractivity contribution in [3.8, 4) is 22.7 Å². The number of imidazole rings is 2. The summed E-state index contributed by atoms with van der Waals surface area (Å²) in [5.41, 5.74) is 5.33. The first-order chi connectivity index (χ1) is 26.4. The van der Waals surface area contributed by atoms with E-state index in [1.54, 1.807) is 16.1 Å². The Labute approximate surface area is 317 Å². The fourth-order valence-corrected chi connectivity index (χ4v) is 7.59. The molecule has 0 bridgehead atoms. The molecule has 0 aliphatic carbocycles. The molecule has 290 valence electrons. The predicted molar refractivity (Wildman–Crippen MR) is 202 cm³/mol. The zero-order chi connectivity index (χ0) is 39.0. The lowest BCUT2D eigenvalue weighted by molar-refractivity contribution is -0.136. The number of rotatable bonds is 10. The van der Waals surface area contributed by atoms with Gasteiger partial charge >= 0.3 is 12.2 Å². The van der Waals surface area contributed by atoms with E-state index in [2.05, 4.69) is 20.6 Å². The number of alkyl carbamates (subject to hydrolysis) is 2. The van der Waals surface area contributed by atoms with E-state index in [-0.39, 0.29) is 35.7 Å². The van der Waals surface area contributed by atoms with Crippen molar-refractivity contribution in [2.45, 2.75) is 77.5 Å². The Morgan fingerprint density at radius 1 is 0.727 bits per heavy atom. The summed E-state index contributed by atoms with van der Waals surface area (Å²) < 4.78 is 15.5. The number of fused-ring (bicyclic) bond motifs is 2. The maximum absolute atomic E-state index is 13.6. The summed E-state index contributed by atoms with van der Waals surface area (Å²) in [7, 11) is 2.56. The van der Waals surface area contributed by atoms with Crippen molar-refractivity contribution in [3.63, 3.8) is 0 Å². The highest BCUT2D eigenvalue weighted by molar-refractivity contribution is 5.88. The predicted octanol–water partition coefficient (Wildman–Crippen LogP) is 5.85. The summed E-state index contributed by atoms with van der Waals surface area (Å²) >= 11 is 0. The van der Waals surface area contributed by atoms with Crippen LogP contribution < -0.4 is 10.6 Å². The first-order valence-electron chi connectivity index (χ1n) is 18.7. The molecule has 55 heavy (non-hydrogen) atoms. The monoisotopic (exact) mass is 753 g/mol. The number of nitrogens with one attached hydrogen (secondary N) is 4. The number of carbonyl (C=O) groups excluding carboxylic acids is 4. The molecule has 5 heterocycles. The lowest BCUT2D eigenvalue weighted by Gasteiger charge is -2.29. The fourth-order valence-electron chi connectivity index (χ4n) is 7.59. The van der Waals surface area contributed by atoms with Gasteiger partial charge in [0.05, 0.1) is 48.4 Å². The zero-order valence-corrected chi connectivity index (χ0v) is 31.8. The minimum atomic E-state index is -0.714. The van der Waals surface area contributed by atoms with Crippen LogP contribution in [-0.4, -0.2) is 98.1 Å². The quantitative estimate of drug-likeness (QED) is 0.134. The summed E-state index contributed by atoms with van der Waals surface area (Å²) in [5.74, 6) is 1.23. The highest BCUT2D eigenvalue weighted by Crippen LogP contribution is 2.36. The SMILES string of the molecule is COC(=O)N[C@H](C(=O)N1CCC[C@H]1c1nc2ccc(-c3coc(-c4ccc5nc([C@@H]6CCCN6C(=O)[C@@H](NC(=O)OC)C(C)C)[nH]c5c4)n3)cc2[nH]1)C(C)C. The topological polar surface area (TPSA) is 201 Å². The highest BCUT2D eigenvalue weighted by Gasteiger charge is 2.39.